The maximum atomic E-state index is 10.8. The van der Waals surface area contributed by atoms with Crippen LogP contribution in [0.5, 0.6) is 0 Å². The summed E-state index contributed by atoms with van der Waals surface area (Å²) in [5, 5.41) is 9.58. The van der Waals surface area contributed by atoms with Crippen molar-refractivity contribution in [3.05, 3.63) is 16.7 Å². The molecule has 2 aromatic heterocycles. The molecular formula is C13H16BrN3O2S2. The van der Waals surface area contributed by atoms with Crippen molar-refractivity contribution in [3.8, 4) is 0 Å². The molecule has 2 rings (SSSR count). The second-order valence-electron chi connectivity index (χ2n) is 4.74. The molecule has 1 N–H and O–H groups in total. The quantitative estimate of drug-likeness (QED) is 0.732. The topological polar surface area (TPSA) is 68.0 Å². The number of halogens is 1. The van der Waals surface area contributed by atoms with E-state index in [1.807, 2.05) is 10.6 Å². The third kappa shape index (κ3) is 4.37. The van der Waals surface area contributed by atoms with Crippen LogP contribution in [-0.4, -0.2) is 43.4 Å². The number of carboxylic acids is 1. The van der Waals surface area contributed by atoms with E-state index in [2.05, 4.69) is 39.1 Å². The van der Waals surface area contributed by atoms with Gasteiger partial charge in [-0.2, -0.15) is 11.8 Å². The Morgan fingerprint density at radius 2 is 2.33 bits per heavy atom. The number of imidazole rings is 1. The van der Waals surface area contributed by atoms with Crippen LogP contribution in [0.15, 0.2) is 21.9 Å². The lowest BCUT2D eigenvalue weighted by molar-refractivity contribution is -0.133. The smallest absolute Gasteiger partial charge is 0.313 e. The molecule has 0 bridgehead atoms. The zero-order valence-electron chi connectivity index (χ0n) is 11.7. The van der Waals surface area contributed by atoms with Gasteiger partial charge in [0.1, 0.15) is 5.52 Å². The number of nitrogens with zero attached hydrogens (tertiary/aromatic N) is 3. The van der Waals surface area contributed by atoms with Crippen LogP contribution in [0.4, 0.5) is 0 Å². The summed E-state index contributed by atoms with van der Waals surface area (Å²) in [4.78, 5) is 19.7. The Balaban J connectivity index is 2.36. The zero-order chi connectivity index (χ0) is 15.4. The van der Waals surface area contributed by atoms with E-state index in [0.29, 0.717) is 11.1 Å². The second kappa shape index (κ2) is 7.51. The fourth-order valence-electron chi connectivity index (χ4n) is 2.02. The molecule has 0 saturated heterocycles. The van der Waals surface area contributed by atoms with Crippen LogP contribution in [-0.2, 0) is 11.3 Å². The molecule has 0 radical (unpaired) electrons. The van der Waals surface area contributed by atoms with Gasteiger partial charge in [0.2, 0.25) is 0 Å². The molecule has 2 aromatic rings. The van der Waals surface area contributed by atoms with Crippen LogP contribution in [0.25, 0.3) is 11.2 Å². The summed E-state index contributed by atoms with van der Waals surface area (Å²) in [6.45, 7) is 2.96. The van der Waals surface area contributed by atoms with Gasteiger partial charge in [-0.1, -0.05) is 18.7 Å². The number of hydrogen-bond acceptors (Lipinski definition) is 5. The maximum Gasteiger partial charge on any atom is 0.313 e. The Kier molecular flexibility index (Phi) is 5.95. The van der Waals surface area contributed by atoms with Gasteiger partial charge in [-0.05, 0) is 39.9 Å². The molecule has 1 unspecified atom stereocenters. The number of aromatic nitrogens is 3. The van der Waals surface area contributed by atoms with Gasteiger partial charge in [0.05, 0.1) is 5.75 Å². The summed E-state index contributed by atoms with van der Waals surface area (Å²) < 4.78 is 2.89. The molecule has 0 aromatic carbocycles. The number of rotatable bonds is 7. The summed E-state index contributed by atoms with van der Waals surface area (Å²) in [6.07, 6.45) is 3.82. The Labute approximate surface area is 140 Å². The molecule has 114 valence electrons. The molecule has 0 aliphatic carbocycles. The lowest BCUT2D eigenvalue weighted by Crippen LogP contribution is -2.12. The molecule has 0 amide bonds. The molecular weight excluding hydrogens is 374 g/mol. The Hall–Kier alpha value is -0.730. The van der Waals surface area contributed by atoms with E-state index in [0.717, 1.165) is 27.9 Å². The molecule has 21 heavy (non-hydrogen) atoms. The molecule has 2 heterocycles. The van der Waals surface area contributed by atoms with Crippen molar-refractivity contribution >= 4 is 56.6 Å². The van der Waals surface area contributed by atoms with Gasteiger partial charge in [-0.3, -0.25) is 4.79 Å². The van der Waals surface area contributed by atoms with Crippen molar-refractivity contribution in [3.63, 3.8) is 0 Å². The van der Waals surface area contributed by atoms with Crippen LogP contribution in [0.2, 0.25) is 0 Å². The van der Waals surface area contributed by atoms with Crippen molar-refractivity contribution < 1.29 is 9.90 Å². The van der Waals surface area contributed by atoms with Crippen molar-refractivity contribution in [1.29, 1.82) is 0 Å². The second-order valence-corrected chi connectivity index (χ2v) is 7.51. The molecule has 0 saturated carbocycles. The molecule has 0 aliphatic heterocycles. The Morgan fingerprint density at radius 1 is 1.57 bits per heavy atom. The first-order chi connectivity index (χ1) is 10.0. The number of fused-ring (bicyclic) bond motifs is 1. The van der Waals surface area contributed by atoms with Gasteiger partial charge in [0, 0.05) is 17.2 Å². The number of carbonyl (C=O) groups is 1. The minimum atomic E-state index is -0.843. The number of hydrogen-bond donors (Lipinski definition) is 1. The van der Waals surface area contributed by atoms with Gasteiger partial charge < -0.3 is 9.67 Å². The van der Waals surface area contributed by atoms with Crippen LogP contribution in [0.1, 0.15) is 6.92 Å². The monoisotopic (exact) mass is 389 g/mol. The van der Waals surface area contributed by atoms with E-state index >= 15 is 0 Å². The number of thioether (sulfide) groups is 2. The normalized spacial score (nSPS) is 12.7. The molecule has 5 nitrogen and oxygen atoms in total. The number of pyridine rings is 1. The van der Waals surface area contributed by atoms with Gasteiger partial charge in [0.25, 0.3) is 0 Å². The van der Waals surface area contributed by atoms with Crippen molar-refractivity contribution in [2.24, 2.45) is 5.92 Å². The highest BCUT2D eigenvalue weighted by atomic mass is 79.9. The molecule has 8 heteroatoms. The summed E-state index contributed by atoms with van der Waals surface area (Å²) >= 11 is 6.43. The van der Waals surface area contributed by atoms with Gasteiger partial charge in [-0.25, -0.2) is 9.97 Å². The van der Waals surface area contributed by atoms with Crippen molar-refractivity contribution in [2.45, 2.75) is 18.6 Å². The largest absolute Gasteiger partial charge is 0.481 e. The minimum Gasteiger partial charge on any atom is -0.481 e. The SMILES string of the molecule is CSCC(C)Cn1c(SCC(=O)O)nc2cc(Br)cnc21. The summed E-state index contributed by atoms with van der Waals surface area (Å²) in [6, 6.07) is 1.91. The average Bonchev–Trinajstić information content (AvgIpc) is 2.74. The van der Waals surface area contributed by atoms with E-state index in [-0.39, 0.29) is 5.75 Å². The molecule has 0 spiro atoms. The first-order valence-electron chi connectivity index (χ1n) is 6.36. The van der Waals surface area contributed by atoms with Crippen LogP contribution >= 0.6 is 39.5 Å². The predicted octanol–water partition coefficient (Wildman–Crippen LogP) is 3.37. The zero-order valence-corrected chi connectivity index (χ0v) is 15.0. The van der Waals surface area contributed by atoms with E-state index in [4.69, 9.17) is 5.11 Å². The predicted molar refractivity (Wildman–Crippen MR) is 91.1 cm³/mol. The van der Waals surface area contributed by atoms with Crippen LogP contribution in [0, 0.1) is 5.92 Å². The summed E-state index contributed by atoms with van der Waals surface area (Å²) in [5.41, 5.74) is 1.59. The summed E-state index contributed by atoms with van der Waals surface area (Å²) in [5.74, 6) is 0.664. The lowest BCUT2D eigenvalue weighted by Gasteiger charge is -2.13. The first kappa shape index (κ1) is 16.6. The third-order valence-electron chi connectivity index (χ3n) is 2.79. The fraction of sp³-hybridized carbons (Fsp3) is 0.462. The van der Waals surface area contributed by atoms with Gasteiger partial charge >= 0.3 is 5.97 Å². The third-order valence-corrected chi connectivity index (χ3v) is 5.08. The van der Waals surface area contributed by atoms with Gasteiger partial charge in [-0.15, -0.1) is 0 Å². The molecule has 0 aliphatic rings. The molecule has 0 fully saturated rings. The number of carboxylic acid groups (broad SMARTS) is 1. The fourth-order valence-corrected chi connectivity index (χ4v) is 3.74. The van der Waals surface area contributed by atoms with E-state index < -0.39 is 5.97 Å². The number of aliphatic carboxylic acids is 1. The van der Waals surface area contributed by atoms with Gasteiger partial charge in [0.15, 0.2) is 10.8 Å². The van der Waals surface area contributed by atoms with E-state index in [1.54, 1.807) is 18.0 Å². The highest BCUT2D eigenvalue weighted by Gasteiger charge is 2.16. The Morgan fingerprint density at radius 3 is 3.00 bits per heavy atom. The maximum absolute atomic E-state index is 10.8. The van der Waals surface area contributed by atoms with E-state index in [9.17, 15) is 4.79 Å². The summed E-state index contributed by atoms with van der Waals surface area (Å²) in [7, 11) is 0. The van der Waals surface area contributed by atoms with E-state index in [1.165, 1.54) is 11.8 Å². The average molecular weight is 390 g/mol. The lowest BCUT2D eigenvalue weighted by atomic mass is 10.2. The van der Waals surface area contributed by atoms with Crippen LogP contribution in [0.3, 0.4) is 0 Å². The van der Waals surface area contributed by atoms with Crippen LogP contribution < -0.4 is 0 Å². The minimum absolute atomic E-state index is 0.00139. The first-order valence-corrected chi connectivity index (χ1v) is 9.53. The van der Waals surface area contributed by atoms with Crippen molar-refractivity contribution in [2.75, 3.05) is 17.8 Å². The Bertz CT molecular complexity index is 648. The highest BCUT2D eigenvalue weighted by Crippen LogP contribution is 2.26. The molecule has 1 atom stereocenters. The standard InChI is InChI=1S/C13H16BrN3O2S2/c1-8(6-20-2)5-17-12-10(3-9(14)4-15-12)16-13(17)21-7-11(18)19/h3-4,8H,5-7H2,1-2H3,(H,18,19). The highest BCUT2D eigenvalue weighted by molar-refractivity contribution is 9.10. The van der Waals surface area contributed by atoms with Crippen molar-refractivity contribution in [1.82, 2.24) is 14.5 Å².